The molecule has 0 saturated carbocycles. The van der Waals surface area contributed by atoms with Crippen LogP contribution >= 0.6 is 23.1 Å². The van der Waals surface area contributed by atoms with E-state index in [0.717, 1.165) is 24.1 Å². The monoisotopic (exact) mass is 282 g/mol. The summed E-state index contributed by atoms with van der Waals surface area (Å²) in [7, 11) is 1.94. The third kappa shape index (κ3) is 2.85. The highest BCUT2D eigenvalue weighted by molar-refractivity contribution is 7.05. The van der Waals surface area contributed by atoms with Crippen molar-refractivity contribution in [2.75, 3.05) is 7.05 Å². The van der Waals surface area contributed by atoms with Crippen molar-refractivity contribution < 1.29 is 0 Å². The number of aromatic nitrogens is 3. The fourth-order valence-electron chi connectivity index (χ4n) is 1.84. The van der Waals surface area contributed by atoms with Crippen LogP contribution in [0, 0.1) is 0 Å². The number of nitrogens with zero attached hydrogens (tertiary/aromatic N) is 3. The molecule has 0 amide bonds. The van der Waals surface area contributed by atoms with Crippen LogP contribution in [0.1, 0.15) is 29.1 Å². The van der Waals surface area contributed by atoms with E-state index in [-0.39, 0.29) is 6.04 Å². The van der Waals surface area contributed by atoms with Gasteiger partial charge in [-0.15, -0.1) is 5.10 Å². The summed E-state index contributed by atoms with van der Waals surface area (Å²) in [5.74, 6) is 0. The predicted octanol–water partition coefficient (Wildman–Crippen LogP) is 2.65. The molecule has 0 aliphatic rings. The van der Waals surface area contributed by atoms with Crippen molar-refractivity contribution in [1.82, 2.24) is 19.9 Å². The number of likely N-dealkylation sites (N-methyl/N-ethyl adjacent to an activating group) is 1. The van der Waals surface area contributed by atoms with Crippen LogP contribution in [0.3, 0.4) is 0 Å². The highest BCUT2D eigenvalue weighted by Crippen LogP contribution is 2.26. The Hall–Kier alpha value is -1.04. The van der Waals surface area contributed by atoms with Crippen LogP contribution in [0.5, 0.6) is 0 Å². The third-order valence-electron chi connectivity index (χ3n) is 2.87. The van der Waals surface area contributed by atoms with Crippen LogP contribution in [-0.4, -0.2) is 21.6 Å². The molecule has 2 rings (SSSR count). The molecule has 1 N–H and O–H groups in total. The van der Waals surface area contributed by atoms with Crippen LogP contribution in [0.4, 0.5) is 0 Å². The van der Waals surface area contributed by atoms with E-state index >= 15 is 0 Å². The highest BCUT2D eigenvalue weighted by Gasteiger charge is 2.18. The number of hydrogen-bond donors (Lipinski definition) is 1. The van der Waals surface area contributed by atoms with E-state index < -0.39 is 0 Å². The van der Waals surface area contributed by atoms with Crippen molar-refractivity contribution in [1.29, 1.82) is 0 Å². The lowest BCUT2D eigenvalue weighted by atomic mass is 10.0. The van der Waals surface area contributed by atoms with E-state index in [1.54, 1.807) is 12.4 Å². The topological polar surface area (TPSA) is 50.7 Å². The van der Waals surface area contributed by atoms with Gasteiger partial charge in [0.25, 0.3) is 0 Å². The third-order valence-corrected chi connectivity index (χ3v) is 4.09. The van der Waals surface area contributed by atoms with Crippen molar-refractivity contribution >= 4 is 23.1 Å². The summed E-state index contributed by atoms with van der Waals surface area (Å²) >= 11 is 7.59. The lowest BCUT2D eigenvalue weighted by molar-refractivity contribution is 0.595. The minimum atomic E-state index is 0.194. The highest BCUT2D eigenvalue weighted by atomic mass is 35.5. The molecular weight excluding hydrogens is 268 g/mol. The van der Waals surface area contributed by atoms with E-state index in [2.05, 4.69) is 26.8 Å². The molecule has 0 bridgehead atoms. The molecule has 0 spiro atoms. The zero-order chi connectivity index (χ0) is 13.0. The van der Waals surface area contributed by atoms with E-state index in [1.807, 2.05) is 13.1 Å². The minimum Gasteiger partial charge on any atom is -0.312 e. The Labute approximate surface area is 116 Å². The number of pyridine rings is 1. The summed E-state index contributed by atoms with van der Waals surface area (Å²) in [4.78, 5) is 5.19. The molecule has 6 heteroatoms. The smallest absolute Gasteiger partial charge is 0.0801 e. The Morgan fingerprint density at radius 3 is 3.00 bits per heavy atom. The van der Waals surface area contributed by atoms with Gasteiger partial charge in [-0.1, -0.05) is 23.0 Å². The first-order chi connectivity index (χ1) is 8.76. The van der Waals surface area contributed by atoms with E-state index in [4.69, 9.17) is 11.6 Å². The van der Waals surface area contributed by atoms with Crippen LogP contribution < -0.4 is 5.32 Å². The van der Waals surface area contributed by atoms with Gasteiger partial charge in [-0.05, 0) is 43.1 Å². The average Bonchev–Trinajstić information content (AvgIpc) is 2.86. The molecule has 2 aromatic rings. The van der Waals surface area contributed by atoms with Gasteiger partial charge < -0.3 is 5.32 Å². The summed E-state index contributed by atoms with van der Waals surface area (Å²) in [6.07, 6.45) is 5.15. The van der Waals surface area contributed by atoms with Gasteiger partial charge in [0.15, 0.2) is 0 Å². The van der Waals surface area contributed by atoms with Gasteiger partial charge in [-0.25, -0.2) is 0 Å². The second kappa shape index (κ2) is 6.22. The van der Waals surface area contributed by atoms with Crippen molar-refractivity contribution in [3.8, 4) is 0 Å². The normalized spacial score (nSPS) is 12.6. The molecule has 2 aromatic heterocycles. The maximum absolute atomic E-state index is 6.14. The maximum Gasteiger partial charge on any atom is 0.0801 e. The molecule has 96 valence electrons. The number of rotatable bonds is 5. The van der Waals surface area contributed by atoms with Crippen molar-refractivity contribution in [2.24, 2.45) is 0 Å². The summed E-state index contributed by atoms with van der Waals surface area (Å²) in [6, 6.07) is 2.15. The van der Waals surface area contributed by atoms with Crippen molar-refractivity contribution in [3.05, 3.63) is 39.6 Å². The van der Waals surface area contributed by atoms with Gasteiger partial charge in [-0.2, -0.15) is 0 Å². The van der Waals surface area contributed by atoms with E-state index in [1.165, 1.54) is 16.4 Å². The average molecular weight is 283 g/mol. The number of hydrogen-bond acceptors (Lipinski definition) is 5. The molecule has 18 heavy (non-hydrogen) atoms. The lowest BCUT2D eigenvalue weighted by Gasteiger charge is -2.15. The Morgan fingerprint density at radius 2 is 2.33 bits per heavy atom. The largest absolute Gasteiger partial charge is 0.312 e. The second-order valence-electron chi connectivity index (χ2n) is 3.95. The van der Waals surface area contributed by atoms with Gasteiger partial charge >= 0.3 is 0 Å². The Balaban J connectivity index is 2.23. The molecule has 0 aliphatic carbocycles. The summed E-state index contributed by atoms with van der Waals surface area (Å²) in [5.41, 5.74) is 2.14. The fourth-order valence-corrected chi connectivity index (χ4v) is 2.88. The van der Waals surface area contributed by atoms with Gasteiger partial charge in [0.1, 0.15) is 0 Å². The molecule has 0 saturated heterocycles. The Morgan fingerprint density at radius 1 is 1.50 bits per heavy atom. The first-order valence-corrected chi connectivity index (χ1v) is 6.98. The van der Waals surface area contributed by atoms with Gasteiger partial charge in [-0.3, -0.25) is 4.98 Å². The SMILES string of the molecule is CCc1nnsc1C(Cc1ccncc1Cl)NC. The van der Waals surface area contributed by atoms with Gasteiger partial charge in [0.2, 0.25) is 0 Å². The van der Waals surface area contributed by atoms with Crippen molar-refractivity contribution in [3.63, 3.8) is 0 Å². The summed E-state index contributed by atoms with van der Waals surface area (Å²) in [5, 5.41) is 8.16. The molecule has 4 nitrogen and oxygen atoms in total. The first kappa shape index (κ1) is 13.4. The standard InChI is InChI=1S/C12H15ClN4S/c1-3-10-12(18-17-16-10)11(14-2)6-8-4-5-15-7-9(8)13/h4-5,7,11,14H,3,6H2,1-2H3. The molecule has 0 aromatic carbocycles. The van der Waals surface area contributed by atoms with Crippen LogP contribution in [0.15, 0.2) is 18.5 Å². The number of halogens is 1. The lowest BCUT2D eigenvalue weighted by Crippen LogP contribution is -2.19. The summed E-state index contributed by atoms with van der Waals surface area (Å²) in [6.45, 7) is 2.09. The maximum atomic E-state index is 6.14. The van der Waals surface area contributed by atoms with Crippen LogP contribution in [0.25, 0.3) is 0 Å². The fraction of sp³-hybridized carbons (Fsp3) is 0.417. The quantitative estimate of drug-likeness (QED) is 0.916. The first-order valence-electron chi connectivity index (χ1n) is 5.83. The molecule has 1 atom stereocenters. The summed E-state index contributed by atoms with van der Waals surface area (Å²) < 4.78 is 4.03. The van der Waals surface area contributed by atoms with Crippen LogP contribution in [0.2, 0.25) is 5.02 Å². The number of aryl methyl sites for hydroxylation is 1. The van der Waals surface area contributed by atoms with Gasteiger partial charge in [0.05, 0.1) is 15.6 Å². The zero-order valence-electron chi connectivity index (χ0n) is 10.4. The molecule has 0 aliphatic heterocycles. The molecule has 2 heterocycles. The number of nitrogens with one attached hydrogen (secondary N) is 1. The Bertz CT molecular complexity index is 514. The Kier molecular flexibility index (Phi) is 4.63. The predicted molar refractivity (Wildman–Crippen MR) is 74.0 cm³/mol. The van der Waals surface area contributed by atoms with E-state index in [9.17, 15) is 0 Å². The van der Waals surface area contributed by atoms with Crippen LogP contribution in [-0.2, 0) is 12.8 Å². The molecule has 1 unspecified atom stereocenters. The molecule has 0 fully saturated rings. The van der Waals surface area contributed by atoms with E-state index in [0.29, 0.717) is 5.02 Å². The second-order valence-corrected chi connectivity index (χ2v) is 5.14. The van der Waals surface area contributed by atoms with Crippen molar-refractivity contribution in [2.45, 2.75) is 25.8 Å². The molecule has 0 radical (unpaired) electrons. The zero-order valence-corrected chi connectivity index (χ0v) is 11.9. The molecular formula is C12H15ClN4S. The minimum absolute atomic E-state index is 0.194. The van der Waals surface area contributed by atoms with Gasteiger partial charge in [0, 0.05) is 18.4 Å².